The Labute approximate surface area is 97.1 Å². The molecule has 0 N–H and O–H groups in total. The monoisotopic (exact) mass is 245 g/mol. The summed E-state index contributed by atoms with van der Waals surface area (Å²) in [5.41, 5.74) is 1.85. The van der Waals surface area contributed by atoms with Crippen LogP contribution in [0, 0.1) is 6.92 Å². The predicted octanol–water partition coefficient (Wildman–Crippen LogP) is 0.993. The summed E-state index contributed by atoms with van der Waals surface area (Å²) in [6.07, 6.45) is 1.90. The number of hydrogen-bond acceptors (Lipinski definition) is 3. The van der Waals surface area contributed by atoms with Crippen LogP contribution in [0.25, 0.3) is 0 Å². The molecule has 0 amide bonds. The second-order valence-corrected chi connectivity index (χ2v) is 6.12. The highest BCUT2D eigenvalue weighted by molar-refractivity contribution is 7.89. The van der Waals surface area contributed by atoms with E-state index in [1.54, 1.807) is 14.0 Å². The third-order valence-electron chi connectivity index (χ3n) is 2.60. The lowest BCUT2D eigenvalue weighted by atomic mass is 10.3. The molecule has 0 unspecified atom stereocenters. The zero-order chi connectivity index (χ0) is 12.3. The Morgan fingerprint density at radius 3 is 2.50 bits per heavy atom. The fraction of sp³-hybridized carbons (Fsp3) is 0.700. The van der Waals surface area contributed by atoms with E-state index < -0.39 is 10.0 Å². The third kappa shape index (κ3) is 2.82. The lowest BCUT2D eigenvalue weighted by molar-refractivity contribution is 0.467. The summed E-state index contributed by atoms with van der Waals surface area (Å²) in [7, 11) is -1.52. The van der Waals surface area contributed by atoms with Gasteiger partial charge in [0.25, 0.3) is 0 Å². The van der Waals surface area contributed by atoms with Gasteiger partial charge >= 0.3 is 0 Å². The predicted molar refractivity (Wildman–Crippen MR) is 63.6 cm³/mol. The van der Waals surface area contributed by atoms with Crippen molar-refractivity contribution in [2.24, 2.45) is 0 Å². The molecule has 16 heavy (non-hydrogen) atoms. The molecule has 6 heteroatoms. The normalized spacial score (nSPS) is 12.3. The second kappa shape index (κ2) is 4.97. The quantitative estimate of drug-likeness (QED) is 0.777. The Morgan fingerprint density at radius 1 is 1.44 bits per heavy atom. The van der Waals surface area contributed by atoms with Crippen LogP contribution in [0.15, 0.2) is 6.20 Å². The minimum atomic E-state index is -3.11. The molecule has 0 aliphatic carbocycles. The molecule has 1 aromatic heterocycles. The van der Waals surface area contributed by atoms with Crippen molar-refractivity contribution >= 4 is 10.0 Å². The molecule has 0 saturated carbocycles. The highest BCUT2D eigenvalue weighted by Crippen LogP contribution is 2.11. The summed E-state index contributed by atoms with van der Waals surface area (Å²) < 4.78 is 26.4. The molecular formula is C10H19N3O2S. The number of sulfonamides is 1. The highest BCUT2D eigenvalue weighted by Gasteiger charge is 2.17. The Balaban J connectivity index is 2.84. The van der Waals surface area contributed by atoms with Gasteiger partial charge in [0.2, 0.25) is 10.0 Å². The Kier molecular flexibility index (Phi) is 4.09. The Bertz CT molecular complexity index is 451. The second-order valence-electron chi connectivity index (χ2n) is 3.75. The summed E-state index contributed by atoms with van der Waals surface area (Å²) >= 11 is 0. The minimum absolute atomic E-state index is 0.129. The first-order valence-electron chi connectivity index (χ1n) is 5.37. The van der Waals surface area contributed by atoms with Gasteiger partial charge in [0.1, 0.15) is 0 Å². The molecule has 0 fully saturated rings. The molecule has 0 radical (unpaired) electrons. The molecule has 0 bridgehead atoms. The van der Waals surface area contributed by atoms with Crippen molar-refractivity contribution in [3.8, 4) is 0 Å². The van der Waals surface area contributed by atoms with Gasteiger partial charge in [-0.25, -0.2) is 12.7 Å². The molecule has 5 nitrogen and oxygen atoms in total. The van der Waals surface area contributed by atoms with Gasteiger partial charge in [-0.1, -0.05) is 0 Å². The van der Waals surface area contributed by atoms with E-state index in [9.17, 15) is 8.42 Å². The van der Waals surface area contributed by atoms with Crippen LogP contribution in [-0.2, 0) is 23.1 Å². The van der Waals surface area contributed by atoms with Crippen LogP contribution in [0.1, 0.15) is 25.1 Å². The third-order valence-corrected chi connectivity index (χ3v) is 4.41. The van der Waals surface area contributed by atoms with E-state index in [4.69, 9.17) is 0 Å². The topological polar surface area (TPSA) is 55.2 Å². The summed E-state index contributed by atoms with van der Waals surface area (Å²) in [5.74, 6) is 0.129. The maximum atomic E-state index is 11.6. The van der Waals surface area contributed by atoms with Crippen molar-refractivity contribution in [2.75, 3.05) is 12.8 Å². The van der Waals surface area contributed by atoms with Gasteiger partial charge in [-0.3, -0.25) is 4.68 Å². The summed E-state index contributed by atoms with van der Waals surface area (Å²) in [5, 5.41) is 4.29. The van der Waals surface area contributed by atoms with E-state index in [0.29, 0.717) is 6.54 Å². The number of hydrogen-bond donors (Lipinski definition) is 0. The van der Waals surface area contributed by atoms with Gasteiger partial charge < -0.3 is 0 Å². The first-order chi connectivity index (χ1) is 7.40. The van der Waals surface area contributed by atoms with E-state index in [1.165, 1.54) is 4.31 Å². The maximum Gasteiger partial charge on any atom is 0.213 e. The molecule has 0 atom stereocenters. The van der Waals surface area contributed by atoms with E-state index in [-0.39, 0.29) is 5.75 Å². The molecule has 92 valence electrons. The van der Waals surface area contributed by atoms with Gasteiger partial charge in [0, 0.05) is 31.9 Å². The van der Waals surface area contributed by atoms with Crippen molar-refractivity contribution in [3.05, 3.63) is 17.5 Å². The smallest absolute Gasteiger partial charge is 0.213 e. The lowest BCUT2D eigenvalue weighted by Gasteiger charge is -2.15. The van der Waals surface area contributed by atoms with Crippen LogP contribution in [-0.4, -0.2) is 35.3 Å². The van der Waals surface area contributed by atoms with E-state index >= 15 is 0 Å². The van der Waals surface area contributed by atoms with Gasteiger partial charge in [0.05, 0.1) is 11.4 Å². The van der Waals surface area contributed by atoms with Crippen molar-refractivity contribution in [2.45, 2.75) is 33.9 Å². The molecule has 1 aromatic rings. The first-order valence-corrected chi connectivity index (χ1v) is 6.98. The Hall–Kier alpha value is -0.880. The minimum Gasteiger partial charge on any atom is -0.272 e. The fourth-order valence-electron chi connectivity index (χ4n) is 1.43. The average molecular weight is 245 g/mol. The van der Waals surface area contributed by atoms with Gasteiger partial charge in [-0.15, -0.1) is 0 Å². The molecular weight excluding hydrogens is 226 g/mol. The first kappa shape index (κ1) is 13.2. The Morgan fingerprint density at radius 2 is 2.06 bits per heavy atom. The highest BCUT2D eigenvalue weighted by atomic mass is 32.2. The SMILES string of the molecule is CCn1cc(CN(C)S(=O)(=O)CC)c(C)n1. The number of rotatable bonds is 5. The molecule has 1 rings (SSSR count). The van der Waals surface area contributed by atoms with Crippen molar-refractivity contribution in [3.63, 3.8) is 0 Å². The number of nitrogens with zero attached hydrogens (tertiary/aromatic N) is 3. The van der Waals surface area contributed by atoms with Gasteiger partial charge in [0.15, 0.2) is 0 Å². The van der Waals surface area contributed by atoms with E-state index in [2.05, 4.69) is 5.10 Å². The van der Waals surface area contributed by atoms with E-state index in [0.717, 1.165) is 17.8 Å². The van der Waals surface area contributed by atoms with Crippen LogP contribution >= 0.6 is 0 Å². The standard InChI is InChI=1S/C10H19N3O2S/c1-5-13-8-10(9(3)11-13)7-12(4)16(14,15)6-2/h8H,5-7H2,1-4H3. The number of aromatic nitrogens is 2. The summed E-state index contributed by atoms with van der Waals surface area (Å²) in [6, 6.07) is 0. The van der Waals surface area contributed by atoms with Crippen LogP contribution in [0.3, 0.4) is 0 Å². The van der Waals surface area contributed by atoms with Crippen molar-refractivity contribution in [1.82, 2.24) is 14.1 Å². The lowest BCUT2D eigenvalue weighted by Crippen LogP contribution is -2.27. The van der Waals surface area contributed by atoms with Crippen molar-refractivity contribution < 1.29 is 8.42 Å². The molecule has 0 aliphatic rings. The molecule has 1 heterocycles. The van der Waals surface area contributed by atoms with Crippen LogP contribution in [0.2, 0.25) is 0 Å². The molecule has 0 spiro atoms. The number of aryl methyl sites for hydroxylation is 2. The zero-order valence-corrected chi connectivity index (χ0v) is 11.1. The zero-order valence-electron chi connectivity index (χ0n) is 10.3. The molecule has 0 aliphatic heterocycles. The maximum absolute atomic E-state index is 11.6. The van der Waals surface area contributed by atoms with Crippen LogP contribution in [0.5, 0.6) is 0 Å². The summed E-state index contributed by atoms with van der Waals surface area (Å²) in [6.45, 7) is 6.73. The summed E-state index contributed by atoms with van der Waals surface area (Å²) in [4.78, 5) is 0. The molecule has 0 saturated heterocycles. The largest absolute Gasteiger partial charge is 0.272 e. The van der Waals surface area contributed by atoms with Crippen molar-refractivity contribution in [1.29, 1.82) is 0 Å². The van der Waals surface area contributed by atoms with Crippen LogP contribution < -0.4 is 0 Å². The van der Waals surface area contributed by atoms with Gasteiger partial charge in [-0.05, 0) is 20.8 Å². The average Bonchev–Trinajstić information content (AvgIpc) is 2.59. The van der Waals surface area contributed by atoms with E-state index in [1.807, 2.05) is 24.7 Å². The fourth-order valence-corrected chi connectivity index (χ4v) is 2.21. The van der Waals surface area contributed by atoms with Crippen LogP contribution in [0.4, 0.5) is 0 Å². The molecule has 0 aromatic carbocycles. The van der Waals surface area contributed by atoms with Gasteiger partial charge in [-0.2, -0.15) is 5.10 Å².